The third-order valence-corrected chi connectivity index (χ3v) is 3.76. The van der Waals surface area contributed by atoms with Crippen LogP contribution < -0.4 is 5.32 Å². The molecule has 0 aliphatic heterocycles. The lowest BCUT2D eigenvalue weighted by molar-refractivity contribution is 0.0507. The van der Waals surface area contributed by atoms with Crippen LogP contribution in [0.5, 0.6) is 0 Å². The van der Waals surface area contributed by atoms with Crippen LogP contribution in [-0.2, 0) is 18.2 Å². The monoisotopic (exact) mass is 237 g/mol. The quantitative estimate of drug-likeness (QED) is 0.778. The zero-order valence-corrected chi connectivity index (χ0v) is 11.0. The van der Waals surface area contributed by atoms with Gasteiger partial charge in [0.25, 0.3) is 0 Å². The van der Waals surface area contributed by atoms with Crippen LogP contribution in [0.2, 0.25) is 0 Å². The molecule has 1 aliphatic carbocycles. The van der Waals surface area contributed by atoms with Crippen LogP contribution in [0.25, 0.3) is 0 Å². The van der Waals surface area contributed by atoms with Gasteiger partial charge in [-0.25, -0.2) is 0 Å². The molecule has 1 saturated carbocycles. The smallest absolute Gasteiger partial charge is 0.0752 e. The number of aromatic nitrogens is 2. The number of likely N-dealkylation sites (N-methyl/N-ethyl adjacent to an activating group) is 1. The summed E-state index contributed by atoms with van der Waals surface area (Å²) >= 11 is 0. The Morgan fingerprint density at radius 2 is 2.35 bits per heavy atom. The predicted molar refractivity (Wildman–Crippen MR) is 67.9 cm³/mol. The minimum Gasteiger partial charge on any atom is -0.380 e. The minimum absolute atomic E-state index is 0.369. The molecule has 2 rings (SSSR count). The molecule has 4 heteroatoms. The van der Waals surface area contributed by atoms with E-state index in [0.717, 1.165) is 18.8 Å². The molecule has 1 heterocycles. The maximum Gasteiger partial charge on any atom is 0.0752 e. The Balaban J connectivity index is 1.88. The third-order valence-electron chi connectivity index (χ3n) is 3.76. The van der Waals surface area contributed by atoms with Gasteiger partial charge < -0.3 is 10.1 Å². The van der Waals surface area contributed by atoms with Gasteiger partial charge in [0.15, 0.2) is 0 Å². The fraction of sp³-hybridized carbons (Fsp3) is 0.769. The van der Waals surface area contributed by atoms with Gasteiger partial charge in [0.05, 0.1) is 6.10 Å². The number of nitrogens with zero attached hydrogens (tertiary/aromatic N) is 2. The molecule has 0 amide bonds. The molecule has 0 radical (unpaired) electrons. The number of aryl methyl sites for hydroxylation is 2. The average Bonchev–Trinajstić information content (AvgIpc) is 3.08. The molecule has 2 atom stereocenters. The molecule has 0 aromatic carbocycles. The molecule has 1 aromatic heterocycles. The molecular weight excluding hydrogens is 214 g/mol. The minimum atomic E-state index is 0.369. The van der Waals surface area contributed by atoms with Crippen LogP contribution in [0.4, 0.5) is 0 Å². The van der Waals surface area contributed by atoms with Gasteiger partial charge in [-0.1, -0.05) is 0 Å². The molecule has 0 bridgehead atoms. The Bertz CT molecular complexity index is 346. The largest absolute Gasteiger partial charge is 0.380 e. The number of rotatable bonds is 7. The van der Waals surface area contributed by atoms with Gasteiger partial charge in [0.1, 0.15) is 0 Å². The molecule has 2 unspecified atom stereocenters. The van der Waals surface area contributed by atoms with Crippen molar-refractivity contribution in [3.05, 3.63) is 18.0 Å². The Kier molecular flexibility index (Phi) is 4.18. The summed E-state index contributed by atoms with van der Waals surface area (Å²) in [6.07, 6.45) is 7.02. The lowest BCUT2D eigenvalue weighted by Crippen LogP contribution is -2.40. The highest BCUT2D eigenvalue weighted by Gasteiger charge is 2.35. The van der Waals surface area contributed by atoms with Crippen molar-refractivity contribution in [2.75, 3.05) is 14.2 Å². The van der Waals surface area contributed by atoms with Crippen molar-refractivity contribution in [2.24, 2.45) is 13.0 Å². The van der Waals surface area contributed by atoms with E-state index in [1.165, 1.54) is 18.5 Å². The fourth-order valence-electron chi connectivity index (χ4n) is 2.53. The third kappa shape index (κ3) is 3.07. The van der Waals surface area contributed by atoms with E-state index >= 15 is 0 Å². The van der Waals surface area contributed by atoms with E-state index < -0.39 is 0 Å². The first-order valence-electron chi connectivity index (χ1n) is 6.43. The SMILES string of the molecule is CNC(CCc1ccnn1C)C(OC)C1CC1. The number of hydrogen-bond donors (Lipinski definition) is 1. The molecule has 96 valence electrons. The van der Waals surface area contributed by atoms with Gasteiger partial charge in [0, 0.05) is 32.1 Å². The first-order chi connectivity index (χ1) is 8.26. The Labute approximate surface area is 103 Å². The van der Waals surface area contributed by atoms with Crippen LogP contribution in [0.1, 0.15) is 25.0 Å². The maximum atomic E-state index is 5.64. The predicted octanol–water partition coefficient (Wildman–Crippen LogP) is 1.37. The lowest BCUT2D eigenvalue weighted by Gasteiger charge is -2.25. The second-order valence-corrected chi connectivity index (χ2v) is 4.92. The zero-order valence-electron chi connectivity index (χ0n) is 11.0. The number of nitrogens with one attached hydrogen (secondary N) is 1. The molecule has 1 fully saturated rings. The summed E-state index contributed by atoms with van der Waals surface area (Å²) in [5.41, 5.74) is 1.29. The van der Waals surface area contributed by atoms with Crippen LogP contribution in [0.3, 0.4) is 0 Å². The second kappa shape index (κ2) is 5.65. The Morgan fingerprint density at radius 1 is 1.59 bits per heavy atom. The van der Waals surface area contributed by atoms with E-state index in [4.69, 9.17) is 4.74 Å². The molecule has 1 aromatic rings. The molecule has 1 N–H and O–H groups in total. The number of hydrogen-bond acceptors (Lipinski definition) is 3. The molecule has 17 heavy (non-hydrogen) atoms. The molecule has 0 spiro atoms. The highest BCUT2D eigenvalue weighted by atomic mass is 16.5. The molecule has 0 saturated heterocycles. The van der Waals surface area contributed by atoms with Gasteiger partial charge in [-0.05, 0) is 44.7 Å². The summed E-state index contributed by atoms with van der Waals surface area (Å²) in [4.78, 5) is 0. The van der Waals surface area contributed by atoms with Crippen LogP contribution in [-0.4, -0.2) is 36.1 Å². The standard InChI is InChI=1S/C13H23N3O/c1-14-12(13(17-3)10-4-5-10)7-6-11-8-9-15-16(11)2/h8-10,12-14H,4-7H2,1-3H3. The highest BCUT2D eigenvalue weighted by molar-refractivity contribution is 5.01. The number of methoxy groups -OCH3 is 1. The highest BCUT2D eigenvalue weighted by Crippen LogP contribution is 2.36. The van der Waals surface area contributed by atoms with Crippen molar-refractivity contribution < 1.29 is 4.74 Å². The summed E-state index contributed by atoms with van der Waals surface area (Å²) < 4.78 is 7.59. The van der Waals surface area contributed by atoms with Crippen molar-refractivity contribution in [3.8, 4) is 0 Å². The van der Waals surface area contributed by atoms with Crippen LogP contribution >= 0.6 is 0 Å². The van der Waals surface area contributed by atoms with Gasteiger partial charge in [-0.3, -0.25) is 4.68 Å². The van der Waals surface area contributed by atoms with Gasteiger partial charge in [-0.15, -0.1) is 0 Å². The zero-order chi connectivity index (χ0) is 12.3. The molecular formula is C13H23N3O. The normalized spacial score (nSPS) is 19.2. The summed E-state index contributed by atoms with van der Waals surface area (Å²) in [7, 11) is 5.86. The van der Waals surface area contributed by atoms with Crippen molar-refractivity contribution >= 4 is 0 Å². The maximum absolute atomic E-state index is 5.64. The average molecular weight is 237 g/mol. The first-order valence-corrected chi connectivity index (χ1v) is 6.43. The van der Waals surface area contributed by atoms with Crippen LogP contribution in [0.15, 0.2) is 12.3 Å². The lowest BCUT2D eigenvalue weighted by atomic mass is 10.0. The summed E-state index contributed by atoms with van der Waals surface area (Å²) in [6.45, 7) is 0. The van der Waals surface area contributed by atoms with Crippen molar-refractivity contribution in [1.29, 1.82) is 0 Å². The van der Waals surface area contributed by atoms with Crippen molar-refractivity contribution in [2.45, 2.75) is 37.8 Å². The summed E-state index contributed by atoms with van der Waals surface area (Å²) in [5.74, 6) is 0.768. The fourth-order valence-corrected chi connectivity index (χ4v) is 2.53. The number of ether oxygens (including phenoxy) is 1. The van der Waals surface area contributed by atoms with E-state index in [1.807, 2.05) is 32.1 Å². The topological polar surface area (TPSA) is 39.1 Å². The van der Waals surface area contributed by atoms with E-state index in [9.17, 15) is 0 Å². The Morgan fingerprint density at radius 3 is 2.82 bits per heavy atom. The van der Waals surface area contributed by atoms with Crippen molar-refractivity contribution in [1.82, 2.24) is 15.1 Å². The van der Waals surface area contributed by atoms with Gasteiger partial charge in [0.2, 0.25) is 0 Å². The van der Waals surface area contributed by atoms with E-state index in [-0.39, 0.29) is 0 Å². The van der Waals surface area contributed by atoms with Gasteiger partial charge >= 0.3 is 0 Å². The molecule has 1 aliphatic rings. The Hall–Kier alpha value is -0.870. The van der Waals surface area contributed by atoms with Gasteiger partial charge in [-0.2, -0.15) is 5.10 Å². The molecule has 4 nitrogen and oxygen atoms in total. The first kappa shape index (κ1) is 12.6. The van der Waals surface area contributed by atoms with E-state index in [2.05, 4.69) is 16.5 Å². The van der Waals surface area contributed by atoms with E-state index in [1.54, 1.807) is 0 Å². The second-order valence-electron chi connectivity index (χ2n) is 4.92. The van der Waals surface area contributed by atoms with Crippen LogP contribution in [0, 0.1) is 5.92 Å². The van der Waals surface area contributed by atoms with Crippen molar-refractivity contribution in [3.63, 3.8) is 0 Å². The van der Waals surface area contributed by atoms with E-state index in [0.29, 0.717) is 12.1 Å². The summed E-state index contributed by atoms with van der Waals surface area (Å²) in [5, 5.41) is 7.60. The summed E-state index contributed by atoms with van der Waals surface area (Å²) in [6, 6.07) is 2.54.